The minimum Gasteiger partial charge on any atom is -0.374 e. The van der Waals surface area contributed by atoms with Gasteiger partial charge in [0.05, 0.1) is 4.90 Å². The zero-order chi connectivity index (χ0) is 21.6. The molecule has 0 aromatic heterocycles. The number of benzene rings is 2. The number of carbonyl (C=O) groups excluding carboxylic acids is 2. The van der Waals surface area contributed by atoms with E-state index in [0.717, 1.165) is 0 Å². The van der Waals surface area contributed by atoms with Gasteiger partial charge in [-0.3, -0.25) is 9.59 Å². The van der Waals surface area contributed by atoms with Crippen LogP contribution in [0.5, 0.6) is 0 Å². The average Bonchev–Trinajstić information content (AvgIpc) is 2.67. The molecule has 0 radical (unpaired) electrons. The molecule has 0 saturated heterocycles. The summed E-state index contributed by atoms with van der Waals surface area (Å²) >= 11 is 0. The molecule has 0 aliphatic carbocycles. The van der Waals surface area contributed by atoms with E-state index in [-0.39, 0.29) is 22.8 Å². The second-order valence-corrected chi connectivity index (χ2v) is 8.53. The van der Waals surface area contributed by atoms with E-state index in [9.17, 15) is 18.0 Å². The predicted molar refractivity (Wildman–Crippen MR) is 113 cm³/mol. The van der Waals surface area contributed by atoms with Crippen LogP contribution in [0.4, 0.5) is 11.4 Å². The topological polar surface area (TPSA) is 116 Å². The van der Waals surface area contributed by atoms with Gasteiger partial charge in [0.2, 0.25) is 15.9 Å². The highest BCUT2D eigenvalue weighted by molar-refractivity contribution is 7.89. The van der Waals surface area contributed by atoms with Crippen LogP contribution in [0.25, 0.3) is 0 Å². The number of hydrogen-bond acceptors (Lipinski definition) is 5. The molecule has 2 aromatic carbocycles. The SMILES string of the molecule is CNC(=O)c1cccc(N[C@@H](C)C(=O)Nc2ccc(S(=O)(=O)NC(C)C)cc2)c1. The normalized spacial score (nSPS) is 12.3. The van der Waals surface area contributed by atoms with Gasteiger partial charge in [0.1, 0.15) is 6.04 Å². The van der Waals surface area contributed by atoms with Crippen LogP contribution in [-0.4, -0.2) is 39.4 Å². The van der Waals surface area contributed by atoms with Crippen LogP contribution in [0.3, 0.4) is 0 Å². The highest BCUT2D eigenvalue weighted by Crippen LogP contribution is 2.16. The van der Waals surface area contributed by atoms with Crippen molar-refractivity contribution >= 4 is 33.2 Å². The molecule has 2 rings (SSSR count). The molecule has 0 fully saturated rings. The quantitative estimate of drug-likeness (QED) is 0.524. The van der Waals surface area contributed by atoms with Crippen molar-refractivity contribution < 1.29 is 18.0 Å². The number of anilines is 2. The van der Waals surface area contributed by atoms with Gasteiger partial charge in [0.25, 0.3) is 5.91 Å². The van der Waals surface area contributed by atoms with Crippen LogP contribution < -0.4 is 20.7 Å². The first-order valence-electron chi connectivity index (χ1n) is 9.14. The summed E-state index contributed by atoms with van der Waals surface area (Å²) < 4.78 is 26.8. The molecule has 2 amide bonds. The van der Waals surface area contributed by atoms with Crippen LogP contribution in [0.1, 0.15) is 31.1 Å². The first kappa shape index (κ1) is 22.4. The Labute approximate surface area is 171 Å². The first-order chi connectivity index (χ1) is 13.6. The molecule has 156 valence electrons. The van der Waals surface area contributed by atoms with Crippen LogP contribution in [-0.2, 0) is 14.8 Å². The molecule has 0 heterocycles. The monoisotopic (exact) mass is 418 g/mol. The third kappa shape index (κ3) is 6.30. The fourth-order valence-corrected chi connectivity index (χ4v) is 3.81. The number of carbonyl (C=O) groups is 2. The van der Waals surface area contributed by atoms with Gasteiger partial charge in [-0.1, -0.05) is 6.07 Å². The van der Waals surface area contributed by atoms with Crippen molar-refractivity contribution in [1.29, 1.82) is 0 Å². The Hall–Kier alpha value is -2.91. The maximum absolute atomic E-state index is 12.4. The van der Waals surface area contributed by atoms with Crippen LogP contribution in [0, 0.1) is 0 Å². The molecule has 4 N–H and O–H groups in total. The fourth-order valence-electron chi connectivity index (χ4n) is 2.56. The summed E-state index contributed by atoms with van der Waals surface area (Å²) in [4.78, 5) is 24.3. The van der Waals surface area contributed by atoms with Crippen molar-refractivity contribution in [3.63, 3.8) is 0 Å². The van der Waals surface area contributed by atoms with Gasteiger partial charge in [0, 0.05) is 30.0 Å². The lowest BCUT2D eigenvalue weighted by molar-refractivity contribution is -0.116. The van der Waals surface area contributed by atoms with Gasteiger partial charge in [-0.05, 0) is 63.2 Å². The molecule has 1 atom stereocenters. The third-order valence-electron chi connectivity index (χ3n) is 3.95. The average molecular weight is 419 g/mol. The summed E-state index contributed by atoms with van der Waals surface area (Å²) in [6.45, 7) is 5.17. The highest BCUT2D eigenvalue weighted by atomic mass is 32.2. The number of sulfonamides is 1. The van der Waals surface area contributed by atoms with Crippen molar-refractivity contribution in [1.82, 2.24) is 10.0 Å². The molecule has 0 aliphatic heterocycles. The minimum absolute atomic E-state index is 0.126. The Morgan fingerprint density at radius 3 is 2.17 bits per heavy atom. The Morgan fingerprint density at radius 2 is 1.59 bits per heavy atom. The maximum atomic E-state index is 12.4. The van der Waals surface area contributed by atoms with E-state index in [1.54, 1.807) is 52.1 Å². The molecule has 0 aliphatic rings. The number of nitrogens with one attached hydrogen (secondary N) is 4. The summed E-state index contributed by atoms with van der Waals surface area (Å²) in [5, 5.41) is 8.32. The summed E-state index contributed by atoms with van der Waals surface area (Å²) in [5.74, 6) is -0.515. The summed E-state index contributed by atoms with van der Waals surface area (Å²) in [7, 11) is -2.03. The van der Waals surface area contributed by atoms with E-state index in [1.807, 2.05) is 0 Å². The predicted octanol–water partition coefficient (Wildman–Crippen LogP) is 2.17. The van der Waals surface area contributed by atoms with Gasteiger partial charge in [-0.15, -0.1) is 0 Å². The molecule has 2 aromatic rings. The lowest BCUT2D eigenvalue weighted by atomic mass is 10.1. The molecule has 0 saturated carbocycles. The second kappa shape index (κ2) is 9.53. The Balaban J connectivity index is 2.02. The number of amides is 2. The summed E-state index contributed by atoms with van der Waals surface area (Å²) in [6.07, 6.45) is 0. The van der Waals surface area contributed by atoms with E-state index < -0.39 is 16.1 Å². The van der Waals surface area contributed by atoms with E-state index >= 15 is 0 Å². The Morgan fingerprint density at radius 1 is 0.931 bits per heavy atom. The van der Waals surface area contributed by atoms with Crippen LogP contribution >= 0.6 is 0 Å². The molecule has 0 spiro atoms. The lowest BCUT2D eigenvalue weighted by Crippen LogP contribution is -2.32. The Bertz CT molecular complexity index is 972. The van der Waals surface area contributed by atoms with Gasteiger partial charge in [-0.25, -0.2) is 13.1 Å². The van der Waals surface area contributed by atoms with E-state index in [0.29, 0.717) is 16.9 Å². The lowest BCUT2D eigenvalue weighted by Gasteiger charge is -2.16. The van der Waals surface area contributed by atoms with Crippen molar-refractivity contribution in [2.45, 2.75) is 37.8 Å². The van der Waals surface area contributed by atoms with Crippen LogP contribution in [0.15, 0.2) is 53.4 Å². The second-order valence-electron chi connectivity index (χ2n) is 6.82. The number of rotatable bonds is 8. The van der Waals surface area contributed by atoms with Crippen molar-refractivity contribution in [3.8, 4) is 0 Å². The van der Waals surface area contributed by atoms with E-state index in [4.69, 9.17) is 0 Å². The molecular weight excluding hydrogens is 392 g/mol. The number of hydrogen-bond donors (Lipinski definition) is 4. The molecule has 0 bridgehead atoms. The van der Waals surface area contributed by atoms with Gasteiger partial charge < -0.3 is 16.0 Å². The van der Waals surface area contributed by atoms with Crippen molar-refractivity contribution in [3.05, 3.63) is 54.1 Å². The van der Waals surface area contributed by atoms with Gasteiger partial charge in [0.15, 0.2) is 0 Å². The van der Waals surface area contributed by atoms with Gasteiger partial charge in [-0.2, -0.15) is 0 Å². The minimum atomic E-state index is -3.58. The molecule has 0 unspecified atom stereocenters. The zero-order valence-corrected chi connectivity index (χ0v) is 17.6. The van der Waals surface area contributed by atoms with E-state index in [2.05, 4.69) is 20.7 Å². The molecule has 29 heavy (non-hydrogen) atoms. The van der Waals surface area contributed by atoms with E-state index in [1.165, 1.54) is 24.3 Å². The summed E-state index contributed by atoms with van der Waals surface area (Å²) in [6, 6.07) is 12.0. The zero-order valence-electron chi connectivity index (χ0n) is 16.8. The molecule has 8 nitrogen and oxygen atoms in total. The van der Waals surface area contributed by atoms with Crippen LogP contribution in [0.2, 0.25) is 0 Å². The smallest absolute Gasteiger partial charge is 0.251 e. The van der Waals surface area contributed by atoms with Crippen molar-refractivity contribution in [2.75, 3.05) is 17.7 Å². The van der Waals surface area contributed by atoms with Gasteiger partial charge >= 0.3 is 0 Å². The third-order valence-corrected chi connectivity index (χ3v) is 5.63. The summed E-state index contributed by atoms with van der Waals surface area (Å²) in [5.41, 5.74) is 1.60. The van der Waals surface area contributed by atoms with Crippen molar-refractivity contribution in [2.24, 2.45) is 0 Å². The standard InChI is InChI=1S/C20H26N4O4S/c1-13(2)24-29(27,28)18-10-8-16(9-11-18)23-19(25)14(3)22-17-7-5-6-15(12-17)20(26)21-4/h5-14,22,24H,1-4H3,(H,21,26)(H,23,25)/t14-/m0/s1. The largest absolute Gasteiger partial charge is 0.374 e. The molecular formula is C20H26N4O4S. The first-order valence-corrected chi connectivity index (χ1v) is 10.6. The maximum Gasteiger partial charge on any atom is 0.251 e. The highest BCUT2D eigenvalue weighted by Gasteiger charge is 2.17. The fraction of sp³-hybridized carbons (Fsp3) is 0.300. The molecule has 9 heteroatoms. The Kier molecular flexibility index (Phi) is 7.35.